The van der Waals surface area contributed by atoms with Gasteiger partial charge in [-0.05, 0) is 19.8 Å². The van der Waals surface area contributed by atoms with Crippen LogP contribution in [0.2, 0.25) is 0 Å². The monoisotopic (exact) mass is 258 g/mol. The maximum atomic E-state index is 12.3. The smallest absolute Gasteiger partial charge is 0.225 e. The minimum absolute atomic E-state index is 0.177. The Labute approximate surface area is 111 Å². The third-order valence-electron chi connectivity index (χ3n) is 2.95. The van der Waals surface area contributed by atoms with Gasteiger partial charge in [-0.25, -0.2) is 0 Å². The van der Waals surface area contributed by atoms with Gasteiger partial charge in [-0.2, -0.15) is 0 Å². The van der Waals surface area contributed by atoms with E-state index in [0.29, 0.717) is 18.0 Å². The number of hydrogen-bond acceptors (Lipinski definition) is 2. The van der Waals surface area contributed by atoms with Crippen LogP contribution in [0.1, 0.15) is 52.9 Å². The molecule has 0 atom stereocenters. The summed E-state index contributed by atoms with van der Waals surface area (Å²) in [6, 6.07) is 0. The van der Waals surface area contributed by atoms with E-state index in [4.69, 9.17) is 18.0 Å². The molecule has 0 aromatic heterocycles. The maximum Gasteiger partial charge on any atom is 0.225 e. The zero-order valence-corrected chi connectivity index (χ0v) is 12.2. The molecule has 0 rings (SSSR count). The molecule has 4 heteroatoms. The van der Waals surface area contributed by atoms with Crippen molar-refractivity contribution < 1.29 is 4.79 Å². The number of rotatable bonds is 9. The van der Waals surface area contributed by atoms with Gasteiger partial charge in [0, 0.05) is 25.4 Å². The molecule has 0 bridgehead atoms. The van der Waals surface area contributed by atoms with Crippen molar-refractivity contribution in [2.24, 2.45) is 11.7 Å². The summed E-state index contributed by atoms with van der Waals surface area (Å²) in [5.74, 6) is 0.448. The van der Waals surface area contributed by atoms with Gasteiger partial charge >= 0.3 is 0 Å². The second-order valence-electron chi connectivity index (χ2n) is 4.41. The SMILES string of the molecule is CCCC(CCC)C(=O)N(CC)CCC(N)=S. The minimum atomic E-state index is 0.177. The molecule has 0 aliphatic rings. The summed E-state index contributed by atoms with van der Waals surface area (Å²) in [6.45, 7) is 7.66. The van der Waals surface area contributed by atoms with Crippen LogP contribution in [0, 0.1) is 5.92 Å². The fourth-order valence-electron chi connectivity index (χ4n) is 2.02. The lowest BCUT2D eigenvalue weighted by atomic mass is 9.96. The first-order chi connectivity index (χ1) is 8.06. The first kappa shape index (κ1) is 16.4. The van der Waals surface area contributed by atoms with Gasteiger partial charge in [-0.3, -0.25) is 4.79 Å². The van der Waals surface area contributed by atoms with Crippen molar-refractivity contribution in [2.45, 2.75) is 52.9 Å². The predicted octanol–water partition coefficient (Wildman–Crippen LogP) is 2.73. The van der Waals surface area contributed by atoms with Crippen LogP contribution >= 0.6 is 12.2 Å². The fourth-order valence-corrected chi connectivity index (χ4v) is 2.11. The number of carbonyl (C=O) groups excluding carboxylic acids is 1. The van der Waals surface area contributed by atoms with Gasteiger partial charge in [0.2, 0.25) is 5.91 Å². The van der Waals surface area contributed by atoms with Crippen LogP contribution in [0.3, 0.4) is 0 Å². The Kier molecular flexibility index (Phi) is 9.04. The van der Waals surface area contributed by atoms with Gasteiger partial charge in [0.1, 0.15) is 0 Å². The maximum absolute atomic E-state index is 12.3. The van der Waals surface area contributed by atoms with Crippen molar-refractivity contribution in [3.8, 4) is 0 Å². The van der Waals surface area contributed by atoms with Gasteiger partial charge in [-0.15, -0.1) is 0 Å². The Balaban J connectivity index is 4.40. The quantitative estimate of drug-likeness (QED) is 0.647. The van der Waals surface area contributed by atoms with Gasteiger partial charge in [-0.1, -0.05) is 38.9 Å². The van der Waals surface area contributed by atoms with Crippen LogP contribution in [0.15, 0.2) is 0 Å². The molecule has 0 aromatic rings. The highest BCUT2D eigenvalue weighted by Gasteiger charge is 2.21. The van der Waals surface area contributed by atoms with Gasteiger partial charge < -0.3 is 10.6 Å². The number of amides is 1. The number of hydrogen-bond donors (Lipinski definition) is 1. The van der Waals surface area contributed by atoms with E-state index in [2.05, 4.69) is 13.8 Å². The lowest BCUT2D eigenvalue weighted by Gasteiger charge is -2.26. The van der Waals surface area contributed by atoms with E-state index < -0.39 is 0 Å². The number of carbonyl (C=O) groups is 1. The highest BCUT2D eigenvalue weighted by Crippen LogP contribution is 2.17. The van der Waals surface area contributed by atoms with Crippen LogP contribution in [0.4, 0.5) is 0 Å². The number of nitrogens with two attached hydrogens (primary N) is 1. The van der Waals surface area contributed by atoms with Crippen molar-refractivity contribution in [3.63, 3.8) is 0 Å². The molecule has 0 saturated heterocycles. The lowest BCUT2D eigenvalue weighted by molar-refractivity contribution is -0.135. The molecule has 0 saturated carbocycles. The molecule has 0 aromatic carbocycles. The second-order valence-corrected chi connectivity index (χ2v) is 4.93. The zero-order chi connectivity index (χ0) is 13.3. The molecule has 100 valence electrons. The van der Waals surface area contributed by atoms with Crippen molar-refractivity contribution in [1.29, 1.82) is 0 Å². The lowest BCUT2D eigenvalue weighted by Crippen LogP contribution is -2.38. The van der Waals surface area contributed by atoms with Crippen LogP contribution in [-0.2, 0) is 4.79 Å². The molecule has 0 aliphatic heterocycles. The Hall–Kier alpha value is -0.640. The molecule has 0 radical (unpaired) electrons. The molecule has 0 unspecified atom stereocenters. The number of thiocarbonyl (C=S) groups is 1. The first-order valence-corrected chi connectivity index (χ1v) is 7.04. The Morgan fingerprint density at radius 3 is 2.12 bits per heavy atom. The summed E-state index contributed by atoms with van der Waals surface area (Å²) >= 11 is 4.86. The third kappa shape index (κ3) is 6.61. The van der Waals surface area contributed by atoms with Crippen molar-refractivity contribution in [1.82, 2.24) is 4.90 Å². The Morgan fingerprint density at radius 1 is 1.24 bits per heavy atom. The van der Waals surface area contributed by atoms with E-state index in [-0.39, 0.29) is 11.8 Å². The predicted molar refractivity (Wildman–Crippen MR) is 77.0 cm³/mol. The molecule has 1 amide bonds. The molecule has 3 nitrogen and oxygen atoms in total. The molecule has 0 fully saturated rings. The van der Waals surface area contributed by atoms with Crippen LogP contribution in [0.5, 0.6) is 0 Å². The average Bonchev–Trinajstić information content (AvgIpc) is 2.29. The fraction of sp³-hybridized carbons (Fsp3) is 0.846. The first-order valence-electron chi connectivity index (χ1n) is 6.63. The van der Waals surface area contributed by atoms with Crippen LogP contribution < -0.4 is 5.73 Å². The largest absolute Gasteiger partial charge is 0.393 e. The van der Waals surface area contributed by atoms with Crippen LogP contribution in [0.25, 0.3) is 0 Å². The molecule has 2 N–H and O–H groups in total. The summed E-state index contributed by atoms with van der Waals surface area (Å²) in [4.78, 5) is 14.7. The molecular weight excluding hydrogens is 232 g/mol. The van der Waals surface area contributed by atoms with E-state index >= 15 is 0 Å². The molecular formula is C13H26N2OS. The second kappa shape index (κ2) is 9.40. The normalized spacial score (nSPS) is 10.6. The zero-order valence-electron chi connectivity index (χ0n) is 11.4. The standard InChI is InChI=1S/C13H26N2OS/c1-4-7-11(8-5-2)13(16)15(6-3)10-9-12(14)17/h11H,4-10H2,1-3H3,(H2,14,17). The van der Waals surface area contributed by atoms with Crippen molar-refractivity contribution in [3.05, 3.63) is 0 Å². The average molecular weight is 258 g/mol. The van der Waals surface area contributed by atoms with Gasteiger partial charge in [0.15, 0.2) is 0 Å². The summed E-state index contributed by atoms with van der Waals surface area (Å²) < 4.78 is 0. The summed E-state index contributed by atoms with van der Waals surface area (Å²) in [5.41, 5.74) is 5.48. The summed E-state index contributed by atoms with van der Waals surface area (Å²) in [7, 11) is 0. The van der Waals surface area contributed by atoms with E-state index in [1.807, 2.05) is 11.8 Å². The number of nitrogens with zero attached hydrogens (tertiary/aromatic N) is 1. The molecule has 17 heavy (non-hydrogen) atoms. The highest BCUT2D eigenvalue weighted by molar-refractivity contribution is 7.80. The van der Waals surface area contributed by atoms with Crippen molar-refractivity contribution in [2.75, 3.05) is 13.1 Å². The van der Waals surface area contributed by atoms with Crippen molar-refractivity contribution >= 4 is 23.1 Å². The van der Waals surface area contributed by atoms with E-state index in [0.717, 1.165) is 32.2 Å². The van der Waals surface area contributed by atoms with E-state index in [1.165, 1.54) is 0 Å². The Bertz CT molecular complexity index is 238. The topological polar surface area (TPSA) is 46.3 Å². The third-order valence-corrected chi connectivity index (χ3v) is 3.15. The van der Waals surface area contributed by atoms with Crippen LogP contribution in [-0.4, -0.2) is 28.9 Å². The highest BCUT2D eigenvalue weighted by atomic mass is 32.1. The van der Waals surface area contributed by atoms with Gasteiger partial charge in [0.25, 0.3) is 0 Å². The van der Waals surface area contributed by atoms with Gasteiger partial charge in [0.05, 0.1) is 4.99 Å². The van der Waals surface area contributed by atoms with E-state index in [1.54, 1.807) is 0 Å². The molecule has 0 heterocycles. The Morgan fingerprint density at radius 2 is 1.76 bits per heavy atom. The minimum Gasteiger partial charge on any atom is -0.393 e. The van der Waals surface area contributed by atoms with E-state index in [9.17, 15) is 4.79 Å². The summed E-state index contributed by atoms with van der Waals surface area (Å²) in [6.07, 6.45) is 4.71. The summed E-state index contributed by atoms with van der Waals surface area (Å²) in [5, 5.41) is 0. The molecule has 0 aliphatic carbocycles. The molecule has 0 spiro atoms.